The van der Waals surface area contributed by atoms with Gasteiger partial charge in [0.05, 0.1) is 26.5 Å². The van der Waals surface area contributed by atoms with E-state index in [4.69, 9.17) is 19.2 Å². The summed E-state index contributed by atoms with van der Waals surface area (Å²) in [6, 6.07) is 11.9. The molecule has 9 rings (SSSR count). The summed E-state index contributed by atoms with van der Waals surface area (Å²) in [4.78, 5) is 24.0. The number of carbonyl (C=O) groups is 1. The molecule has 57 heavy (non-hydrogen) atoms. The molecule has 0 radical (unpaired) electrons. The molecule has 2 unspecified atom stereocenters. The number of halogens is 1. The molecular weight excluding hydrogens is 726 g/mol. The van der Waals surface area contributed by atoms with Crippen molar-refractivity contribution in [3.8, 4) is 5.75 Å². The smallest absolute Gasteiger partial charge is 0.237 e. The molecule has 2 saturated carbocycles. The third kappa shape index (κ3) is 8.14. The molecule has 1 amide bonds. The van der Waals surface area contributed by atoms with Crippen LogP contribution in [0.2, 0.25) is 0 Å². The van der Waals surface area contributed by atoms with Crippen molar-refractivity contribution in [1.82, 2.24) is 20.0 Å². The fourth-order valence-corrected chi connectivity index (χ4v) is 9.21. The van der Waals surface area contributed by atoms with Crippen LogP contribution in [-0.4, -0.2) is 107 Å². The number of hydrogen-bond donors (Lipinski definition) is 3. The third-order valence-corrected chi connectivity index (χ3v) is 12.6. The molecule has 2 aromatic carbocycles. The van der Waals surface area contributed by atoms with Gasteiger partial charge in [0.25, 0.3) is 0 Å². The number of likely N-dealkylation sites (tertiary alicyclic amines) is 1. The van der Waals surface area contributed by atoms with E-state index in [9.17, 15) is 15.0 Å². The molecule has 2 bridgehead atoms. The normalized spacial score (nSPS) is 26.1. The zero-order valence-corrected chi connectivity index (χ0v) is 32.9. The molecule has 3 N–H and O–H groups in total. The quantitative estimate of drug-likeness (QED) is 0.220. The molecule has 12 heteroatoms. The van der Waals surface area contributed by atoms with Crippen LogP contribution in [0.4, 0.5) is 4.39 Å². The lowest BCUT2D eigenvalue weighted by molar-refractivity contribution is -0.138. The Morgan fingerprint density at radius 2 is 1.81 bits per heavy atom. The molecule has 4 heterocycles. The van der Waals surface area contributed by atoms with Gasteiger partial charge in [-0.05, 0) is 97.4 Å². The molecule has 4 saturated heterocycles. The Kier molecular flexibility index (Phi) is 10.7. The Morgan fingerprint density at radius 1 is 1.05 bits per heavy atom. The maximum absolute atomic E-state index is 16.0. The number of aliphatic imine (C=N–C) groups is 1. The number of amides is 1. The Balaban J connectivity index is 1.12. The average molecular weight is 780 g/mol. The first-order valence-corrected chi connectivity index (χ1v) is 20.8. The van der Waals surface area contributed by atoms with Crippen LogP contribution >= 0.6 is 0 Å². The van der Waals surface area contributed by atoms with Gasteiger partial charge in [0.15, 0.2) is 5.76 Å². The first-order chi connectivity index (χ1) is 27.7. The van der Waals surface area contributed by atoms with Gasteiger partial charge in [0, 0.05) is 80.6 Å². The lowest BCUT2D eigenvalue weighted by Crippen LogP contribution is -2.49. The summed E-state index contributed by atoms with van der Waals surface area (Å²) in [5.41, 5.74) is 7.75. The third-order valence-electron chi connectivity index (χ3n) is 12.6. The van der Waals surface area contributed by atoms with E-state index in [1.807, 2.05) is 29.2 Å². The fourth-order valence-electron chi connectivity index (χ4n) is 9.21. The molecule has 11 nitrogen and oxygen atoms in total. The predicted molar refractivity (Wildman–Crippen MR) is 214 cm³/mol. The summed E-state index contributed by atoms with van der Waals surface area (Å²) in [5.74, 6) is 0.642. The minimum atomic E-state index is -0.398. The molecule has 2 aromatic rings. The maximum atomic E-state index is 16.0. The Hall–Kier alpha value is -4.49. The first kappa shape index (κ1) is 38.1. The van der Waals surface area contributed by atoms with Gasteiger partial charge in [-0.2, -0.15) is 0 Å². The number of nitrogens with one attached hydrogen (secondary N) is 1. The number of allylic oxidation sites excluding steroid dienone is 5. The highest BCUT2D eigenvalue weighted by Crippen LogP contribution is 2.53. The van der Waals surface area contributed by atoms with Crippen molar-refractivity contribution in [3.05, 3.63) is 106 Å². The standard InChI is InChI=1S/C45H54FN5O6/c1-27(51-23-33-17-34(51)21-47-33)37-20-38(31-7-8-31)43(39-18-35(53)19-40(46)42(39)32-9-10-32)45(44(37)48-28(2)57-36-11-15-55-16-12-36)56-25-30-5-3-29(4-6-30)22-50-14-13-49(26-52)24-41(50)54/h3-6,18-20,31-34,36,47,52-53H,2,7-17,21-26H2,1H3/b37-27+,48-44?. The van der Waals surface area contributed by atoms with Crippen molar-refractivity contribution >= 4 is 17.2 Å². The van der Waals surface area contributed by atoms with Gasteiger partial charge >= 0.3 is 0 Å². The number of phenols is 1. The molecule has 302 valence electrons. The lowest BCUT2D eigenvalue weighted by atomic mass is 9.81. The molecule has 2 atom stereocenters. The van der Waals surface area contributed by atoms with Gasteiger partial charge in [0.2, 0.25) is 11.8 Å². The highest BCUT2D eigenvalue weighted by Gasteiger charge is 2.43. The van der Waals surface area contributed by atoms with Gasteiger partial charge in [0.1, 0.15) is 30.0 Å². The van der Waals surface area contributed by atoms with Gasteiger partial charge in [-0.25, -0.2) is 9.38 Å². The van der Waals surface area contributed by atoms with Gasteiger partial charge < -0.3 is 39.5 Å². The average Bonchev–Trinajstić information content (AvgIpc) is 4.15. The number of fused-ring (bicyclic) bond motifs is 2. The minimum absolute atomic E-state index is 0.000622. The van der Waals surface area contributed by atoms with Crippen molar-refractivity contribution in [2.45, 2.75) is 89.1 Å². The minimum Gasteiger partial charge on any atom is -0.508 e. The molecule has 7 aliphatic rings. The number of aromatic hydroxyl groups is 1. The van der Waals surface area contributed by atoms with E-state index in [1.54, 1.807) is 11.0 Å². The summed E-state index contributed by atoms with van der Waals surface area (Å²) >= 11 is 0. The summed E-state index contributed by atoms with van der Waals surface area (Å²) in [6.07, 6.45) is 8.60. The van der Waals surface area contributed by atoms with Crippen LogP contribution in [0.5, 0.6) is 5.75 Å². The predicted octanol–water partition coefficient (Wildman–Crippen LogP) is 5.71. The van der Waals surface area contributed by atoms with Crippen LogP contribution in [0, 0.1) is 11.7 Å². The lowest BCUT2D eigenvalue weighted by Gasteiger charge is -2.34. The van der Waals surface area contributed by atoms with Gasteiger partial charge in [-0.15, -0.1) is 0 Å². The van der Waals surface area contributed by atoms with Crippen LogP contribution in [-0.2, 0) is 32.2 Å². The molecule has 4 aliphatic heterocycles. The Bertz CT molecular complexity index is 2030. The van der Waals surface area contributed by atoms with E-state index in [1.165, 1.54) is 6.07 Å². The molecule has 0 aromatic heterocycles. The van der Waals surface area contributed by atoms with Gasteiger partial charge in [-0.1, -0.05) is 24.3 Å². The number of phenolic OH excluding ortho intramolecular Hbond substituents is 1. The van der Waals surface area contributed by atoms with Crippen LogP contribution in [0.15, 0.2) is 82.5 Å². The zero-order chi connectivity index (χ0) is 39.2. The number of ether oxygens (including phenoxy) is 3. The van der Waals surface area contributed by atoms with Crippen molar-refractivity contribution < 1.29 is 33.6 Å². The zero-order valence-electron chi connectivity index (χ0n) is 32.9. The topological polar surface area (TPSA) is 119 Å². The van der Waals surface area contributed by atoms with Gasteiger partial charge in [-0.3, -0.25) is 9.69 Å². The molecular formula is C45H54FN5O6. The van der Waals surface area contributed by atoms with E-state index < -0.39 is 5.82 Å². The second-order valence-corrected chi connectivity index (χ2v) is 16.8. The molecule has 6 fully saturated rings. The number of aliphatic hydroxyl groups is 1. The number of nitrogens with zero attached hydrogens (tertiary/aromatic N) is 4. The summed E-state index contributed by atoms with van der Waals surface area (Å²) < 4.78 is 35.1. The number of carbonyl (C=O) groups excluding carboxylic acids is 1. The van der Waals surface area contributed by atoms with Crippen LogP contribution in [0.25, 0.3) is 5.57 Å². The second kappa shape index (κ2) is 16.0. The number of hydrogen-bond acceptors (Lipinski definition) is 10. The van der Waals surface area contributed by atoms with E-state index in [-0.39, 0.29) is 49.5 Å². The highest BCUT2D eigenvalue weighted by atomic mass is 19.1. The Labute approximate surface area is 334 Å². The summed E-state index contributed by atoms with van der Waals surface area (Å²) in [6.45, 7) is 11.6. The van der Waals surface area contributed by atoms with E-state index >= 15 is 4.39 Å². The van der Waals surface area contributed by atoms with Crippen molar-refractivity contribution in [1.29, 1.82) is 0 Å². The largest absolute Gasteiger partial charge is 0.508 e. The van der Waals surface area contributed by atoms with E-state index in [0.29, 0.717) is 73.4 Å². The van der Waals surface area contributed by atoms with Crippen LogP contribution < -0.4 is 5.32 Å². The number of aliphatic hydroxyl groups excluding tert-OH is 1. The Morgan fingerprint density at radius 3 is 2.47 bits per heavy atom. The molecule has 0 spiro atoms. The van der Waals surface area contributed by atoms with Crippen molar-refractivity contribution in [3.63, 3.8) is 0 Å². The second-order valence-electron chi connectivity index (χ2n) is 16.8. The van der Waals surface area contributed by atoms with E-state index in [2.05, 4.69) is 29.8 Å². The van der Waals surface area contributed by atoms with Crippen molar-refractivity contribution in [2.75, 3.05) is 52.7 Å². The van der Waals surface area contributed by atoms with Crippen molar-refractivity contribution in [2.24, 2.45) is 10.9 Å². The fraction of sp³-hybridized carbons (Fsp3) is 0.511. The number of rotatable bonds is 13. The van der Waals surface area contributed by atoms with E-state index in [0.717, 1.165) is 91.6 Å². The number of piperazine rings is 2. The van der Waals surface area contributed by atoms with Crippen LogP contribution in [0.3, 0.4) is 0 Å². The summed E-state index contributed by atoms with van der Waals surface area (Å²) in [5, 5.41) is 24.1. The highest BCUT2D eigenvalue weighted by molar-refractivity contribution is 6.21. The monoisotopic (exact) mass is 779 g/mol. The first-order valence-electron chi connectivity index (χ1n) is 20.8. The maximum Gasteiger partial charge on any atom is 0.237 e. The van der Waals surface area contributed by atoms with Crippen LogP contribution in [0.1, 0.15) is 80.0 Å². The SMILES string of the molecule is C=C(N=C1C(OCc2ccc(CN3CCN(CO)CC3=O)cc2)=C(c2cc(O)cc(F)c2C2CC2)C(C2CC2)=C/C1=C(/C)N1CC2CC1CN2)OC1CCOCC1. The molecule has 3 aliphatic carbocycles. The number of benzene rings is 2. The summed E-state index contributed by atoms with van der Waals surface area (Å²) in [7, 11) is 0.